The maximum Gasteiger partial charge on any atom is 0.151 e. The molecular formula is C7H14O5. The van der Waals surface area contributed by atoms with Crippen LogP contribution in [0.2, 0.25) is 0 Å². The third-order valence-corrected chi connectivity index (χ3v) is 1.47. The van der Waals surface area contributed by atoms with Crippen LogP contribution >= 0.6 is 0 Å². The molecule has 0 aliphatic carbocycles. The summed E-state index contributed by atoms with van der Waals surface area (Å²) in [6, 6.07) is 0. The summed E-state index contributed by atoms with van der Waals surface area (Å²) in [5, 5.41) is 18.4. The van der Waals surface area contributed by atoms with E-state index in [0.29, 0.717) is 6.29 Å². The number of hydrogen-bond donors (Lipinski definition) is 2. The van der Waals surface area contributed by atoms with E-state index in [-0.39, 0.29) is 6.61 Å². The number of hydrogen-bond acceptors (Lipinski definition) is 5. The number of aliphatic hydroxyl groups is 2. The zero-order chi connectivity index (χ0) is 9.56. The van der Waals surface area contributed by atoms with Crippen molar-refractivity contribution in [3.05, 3.63) is 0 Å². The molecule has 0 aromatic carbocycles. The molecule has 0 radical (unpaired) electrons. The number of aliphatic hydroxyl groups excluding tert-OH is 2. The van der Waals surface area contributed by atoms with Crippen LogP contribution in [0.15, 0.2) is 0 Å². The van der Waals surface area contributed by atoms with Gasteiger partial charge in [-0.05, 0) is 0 Å². The minimum atomic E-state index is -1.24. The van der Waals surface area contributed by atoms with E-state index in [1.54, 1.807) is 0 Å². The molecule has 2 N–H and O–H groups in total. The lowest BCUT2D eigenvalue weighted by atomic mass is 10.1. The first kappa shape index (κ1) is 11.5. The fourth-order valence-electron chi connectivity index (χ4n) is 0.764. The van der Waals surface area contributed by atoms with Gasteiger partial charge in [0.2, 0.25) is 0 Å². The van der Waals surface area contributed by atoms with E-state index in [2.05, 4.69) is 9.47 Å². The Morgan fingerprint density at radius 1 is 1.42 bits per heavy atom. The second-order valence-corrected chi connectivity index (χ2v) is 2.35. The van der Waals surface area contributed by atoms with Crippen molar-refractivity contribution < 1.29 is 24.5 Å². The number of methoxy groups -OCH3 is 2. The largest absolute Gasteiger partial charge is 0.388 e. The fourth-order valence-corrected chi connectivity index (χ4v) is 0.764. The third-order valence-electron chi connectivity index (χ3n) is 1.47. The maximum atomic E-state index is 10.2. The molecular weight excluding hydrogens is 164 g/mol. The zero-order valence-electron chi connectivity index (χ0n) is 7.14. The Labute approximate surface area is 70.9 Å². The molecule has 0 spiro atoms. The zero-order valence-corrected chi connectivity index (χ0v) is 7.14. The van der Waals surface area contributed by atoms with Gasteiger partial charge < -0.3 is 24.5 Å². The highest BCUT2D eigenvalue weighted by Crippen LogP contribution is 2.01. The summed E-state index contributed by atoms with van der Waals surface area (Å²) in [5.41, 5.74) is 0. The van der Waals surface area contributed by atoms with Gasteiger partial charge in [-0.15, -0.1) is 0 Å². The molecule has 5 heteroatoms. The second-order valence-electron chi connectivity index (χ2n) is 2.35. The lowest BCUT2D eigenvalue weighted by molar-refractivity contribution is -0.132. The van der Waals surface area contributed by atoms with Gasteiger partial charge in [-0.2, -0.15) is 0 Å². The molecule has 0 fully saturated rings. The second kappa shape index (κ2) is 6.07. The number of carbonyl (C=O) groups excluding carboxylic acids is 1. The Morgan fingerprint density at radius 3 is 2.33 bits per heavy atom. The Hall–Kier alpha value is -0.490. The van der Waals surface area contributed by atoms with Crippen molar-refractivity contribution >= 4 is 6.29 Å². The van der Waals surface area contributed by atoms with E-state index in [1.165, 1.54) is 14.2 Å². The van der Waals surface area contributed by atoms with E-state index < -0.39 is 18.3 Å². The van der Waals surface area contributed by atoms with Crippen LogP contribution in [-0.4, -0.2) is 55.6 Å². The highest BCUT2D eigenvalue weighted by Gasteiger charge is 2.25. The molecule has 0 amide bonds. The quantitative estimate of drug-likeness (QED) is 0.488. The van der Waals surface area contributed by atoms with Gasteiger partial charge in [0.05, 0.1) is 6.61 Å². The molecule has 0 aliphatic heterocycles. The molecule has 0 bridgehead atoms. The SMILES string of the molecule is COC[C@@H](O)[C@@H](O)[C@@H](C=O)OC. The number of carbonyl (C=O) groups is 1. The van der Waals surface area contributed by atoms with Crippen LogP contribution in [0, 0.1) is 0 Å². The van der Waals surface area contributed by atoms with Gasteiger partial charge in [0.1, 0.15) is 18.3 Å². The molecule has 0 aromatic heterocycles. The highest BCUT2D eigenvalue weighted by molar-refractivity contribution is 5.57. The molecule has 0 unspecified atom stereocenters. The number of aldehydes is 1. The molecule has 0 saturated carbocycles. The average molecular weight is 178 g/mol. The summed E-state index contributed by atoms with van der Waals surface area (Å²) in [5.74, 6) is 0. The lowest BCUT2D eigenvalue weighted by Crippen LogP contribution is -2.41. The van der Waals surface area contributed by atoms with Gasteiger partial charge in [-0.1, -0.05) is 0 Å². The van der Waals surface area contributed by atoms with Crippen LogP contribution in [0.3, 0.4) is 0 Å². The first-order valence-corrected chi connectivity index (χ1v) is 3.50. The summed E-state index contributed by atoms with van der Waals surface area (Å²) in [6.45, 7) is -0.0329. The van der Waals surface area contributed by atoms with Crippen molar-refractivity contribution in [2.75, 3.05) is 20.8 Å². The summed E-state index contributed by atoms with van der Waals surface area (Å²) in [6.07, 6.45) is -2.92. The van der Waals surface area contributed by atoms with Crippen LogP contribution in [0.1, 0.15) is 0 Å². The molecule has 0 saturated heterocycles. The standard InChI is InChI=1S/C7H14O5/c1-11-4-5(9)7(10)6(3-8)12-2/h3,5-7,9-10H,4H2,1-2H3/t5-,6-,7-/m1/s1. The summed E-state index contributed by atoms with van der Waals surface area (Å²) in [7, 11) is 2.67. The summed E-state index contributed by atoms with van der Waals surface area (Å²) >= 11 is 0. The molecule has 0 heterocycles. The first-order valence-electron chi connectivity index (χ1n) is 3.50. The van der Waals surface area contributed by atoms with E-state index in [9.17, 15) is 9.90 Å². The fraction of sp³-hybridized carbons (Fsp3) is 0.857. The molecule has 0 aromatic rings. The van der Waals surface area contributed by atoms with E-state index >= 15 is 0 Å². The van der Waals surface area contributed by atoms with Crippen molar-refractivity contribution in [2.45, 2.75) is 18.3 Å². The Morgan fingerprint density at radius 2 is 2.00 bits per heavy atom. The summed E-state index contributed by atoms with van der Waals surface area (Å²) in [4.78, 5) is 10.2. The van der Waals surface area contributed by atoms with E-state index in [1.807, 2.05) is 0 Å². The normalized spacial score (nSPS) is 18.3. The van der Waals surface area contributed by atoms with E-state index in [4.69, 9.17) is 5.11 Å². The molecule has 0 aliphatic rings. The Bertz CT molecular complexity index is 127. The van der Waals surface area contributed by atoms with Gasteiger partial charge in [0.15, 0.2) is 6.29 Å². The summed E-state index contributed by atoms with van der Waals surface area (Å²) < 4.78 is 9.18. The minimum Gasteiger partial charge on any atom is -0.388 e. The van der Waals surface area contributed by atoms with Crippen LogP contribution < -0.4 is 0 Å². The van der Waals surface area contributed by atoms with Crippen LogP contribution in [0.4, 0.5) is 0 Å². The molecule has 3 atom stereocenters. The van der Waals surface area contributed by atoms with Crippen molar-refractivity contribution in [1.29, 1.82) is 0 Å². The predicted molar refractivity (Wildman–Crippen MR) is 40.8 cm³/mol. The molecule has 0 rings (SSSR count). The Balaban J connectivity index is 3.95. The first-order chi connectivity index (χ1) is 5.67. The third kappa shape index (κ3) is 3.27. The van der Waals surface area contributed by atoms with Gasteiger partial charge >= 0.3 is 0 Å². The smallest absolute Gasteiger partial charge is 0.151 e. The molecule has 72 valence electrons. The average Bonchev–Trinajstić information content (AvgIpc) is 2.07. The molecule has 12 heavy (non-hydrogen) atoms. The van der Waals surface area contributed by atoms with Crippen molar-refractivity contribution in [3.63, 3.8) is 0 Å². The number of ether oxygens (including phenoxy) is 2. The van der Waals surface area contributed by atoms with Gasteiger partial charge in [0.25, 0.3) is 0 Å². The predicted octanol–water partition coefficient (Wildman–Crippen LogP) is -1.43. The molecule has 5 nitrogen and oxygen atoms in total. The minimum absolute atomic E-state index is 0.0329. The van der Waals surface area contributed by atoms with Crippen molar-refractivity contribution in [3.8, 4) is 0 Å². The van der Waals surface area contributed by atoms with Gasteiger partial charge in [-0.3, -0.25) is 0 Å². The number of rotatable bonds is 6. The van der Waals surface area contributed by atoms with Crippen LogP contribution in [-0.2, 0) is 14.3 Å². The van der Waals surface area contributed by atoms with Crippen LogP contribution in [0.5, 0.6) is 0 Å². The van der Waals surface area contributed by atoms with Crippen molar-refractivity contribution in [2.24, 2.45) is 0 Å². The topological polar surface area (TPSA) is 76.0 Å². The van der Waals surface area contributed by atoms with E-state index in [0.717, 1.165) is 0 Å². The Kier molecular flexibility index (Phi) is 5.83. The van der Waals surface area contributed by atoms with Gasteiger partial charge in [0, 0.05) is 14.2 Å². The van der Waals surface area contributed by atoms with Crippen LogP contribution in [0.25, 0.3) is 0 Å². The van der Waals surface area contributed by atoms with Crippen molar-refractivity contribution in [1.82, 2.24) is 0 Å². The lowest BCUT2D eigenvalue weighted by Gasteiger charge is -2.20. The highest BCUT2D eigenvalue weighted by atomic mass is 16.5. The van der Waals surface area contributed by atoms with Gasteiger partial charge in [-0.25, -0.2) is 0 Å². The monoisotopic (exact) mass is 178 g/mol. The maximum absolute atomic E-state index is 10.2.